The van der Waals surface area contributed by atoms with Gasteiger partial charge in [0.15, 0.2) is 0 Å². The van der Waals surface area contributed by atoms with Crippen molar-refractivity contribution >= 4 is 43.5 Å². The highest BCUT2D eigenvalue weighted by Crippen LogP contribution is 2.23. The predicted octanol–water partition coefficient (Wildman–Crippen LogP) is 6.10. The molecule has 0 radical (unpaired) electrons. The highest BCUT2D eigenvalue weighted by molar-refractivity contribution is 9.10. The summed E-state index contributed by atoms with van der Waals surface area (Å²) >= 11 is 9.33. The fourth-order valence-electron chi connectivity index (χ4n) is 3.75. The Hall–Kier alpha value is -2.19. The molecule has 5 nitrogen and oxygen atoms in total. The summed E-state index contributed by atoms with van der Waals surface area (Å²) in [5.41, 5.74) is 5.19. The van der Waals surface area contributed by atoms with Gasteiger partial charge in [-0.15, -0.1) is 0 Å². The predicted molar refractivity (Wildman–Crippen MR) is 140 cm³/mol. The van der Waals surface area contributed by atoms with Crippen LogP contribution in [0.4, 0.5) is 0 Å². The number of nitrogens with zero attached hydrogens (tertiary/aromatic N) is 1. The Labute approximate surface area is 215 Å². The minimum absolute atomic E-state index is 0.0582. The molecule has 0 aliphatic heterocycles. The van der Waals surface area contributed by atoms with E-state index in [1.807, 2.05) is 45.0 Å². The smallest absolute Gasteiger partial charge is 0.243 e. The average molecular weight is 564 g/mol. The van der Waals surface area contributed by atoms with Gasteiger partial charge in [-0.1, -0.05) is 51.8 Å². The number of halogens is 2. The number of hydrogen-bond acceptors (Lipinski definition) is 3. The SMILES string of the molecule is Cc1cc(C)c(C(C)NC(=O)CN(Cc2ccc(Br)cc2)S(=O)(=O)c2ccc(Cl)cc2)cc1C. The van der Waals surface area contributed by atoms with Gasteiger partial charge in [-0.2, -0.15) is 4.31 Å². The van der Waals surface area contributed by atoms with Crippen molar-refractivity contribution in [3.63, 3.8) is 0 Å². The van der Waals surface area contributed by atoms with Gasteiger partial charge in [0.2, 0.25) is 15.9 Å². The monoisotopic (exact) mass is 562 g/mol. The normalized spacial score (nSPS) is 12.6. The maximum Gasteiger partial charge on any atom is 0.243 e. The Morgan fingerprint density at radius 2 is 1.56 bits per heavy atom. The fraction of sp³-hybridized carbons (Fsp3) is 0.269. The van der Waals surface area contributed by atoms with Gasteiger partial charge in [0.05, 0.1) is 17.5 Å². The molecule has 0 bridgehead atoms. The van der Waals surface area contributed by atoms with Crippen molar-refractivity contribution in [1.29, 1.82) is 0 Å². The topological polar surface area (TPSA) is 66.5 Å². The van der Waals surface area contributed by atoms with E-state index in [0.717, 1.165) is 26.7 Å². The number of carbonyl (C=O) groups is 1. The molecule has 1 amide bonds. The van der Waals surface area contributed by atoms with E-state index in [1.165, 1.54) is 34.1 Å². The van der Waals surface area contributed by atoms with Crippen molar-refractivity contribution in [2.24, 2.45) is 0 Å². The number of sulfonamides is 1. The van der Waals surface area contributed by atoms with Crippen molar-refractivity contribution in [1.82, 2.24) is 9.62 Å². The van der Waals surface area contributed by atoms with Crippen LogP contribution in [0.15, 0.2) is 70.0 Å². The first kappa shape index (κ1) is 26.4. The first-order valence-corrected chi connectivity index (χ1v) is 13.5. The lowest BCUT2D eigenvalue weighted by Crippen LogP contribution is -2.41. The number of rotatable bonds is 8. The van der Waals surface area contributed by atoms with Crippen LogP contribution in [-0.4, -0.2) is 25.2 Å². The summed E-state index contributed by atoms with van der Waals surface area (Å²) in [5.74, 6) is -0.375. The third-order valence-electron chi connectivity index (χ3n) is 5.77. The number of aryl methyl sites for hydroxylation is 3. The summed E-state index contributed by atoms with van der Waals surface area (Å²) in [4.78, 5) is 13.1. The summed E-state index contributed by atoms with van der Waals surface area (Å²) in [7, 11) is -3.94. The summed E-state index contributed by atoms with van der Waals surface area (Å²) in [6.07, 6.45) is 0. The van der Waals surface area contributed by atoms with Crippen molar-refractivity contribution < 1.29 is 13.2 Å². The zero-order valence-corrected chi connectivity index (χ0v) is 22.8. The van der Waals surface area contributed by atoms with Crippen LogP contribution in [0, 0.1) is 20.8 Å². The van der Waals surface area contributed by atoms with Crippen molar-refractivity contribution in [2.75, 3.05) is 6.54 Å². The zero-order valence-electron chi connectivity index (χ0n) is 19.6. The van der Waals surface area contributed by atoms with Gasteiger partial charge in [0.25, 0.3) is 0 Å². The van der Waals surface area contributed by atoms with E-state index in [-0.39, 0.29) is 29.9 Å². The molecule has 0 spiro atoms. The molecule has 3 aromatic rings. The quantitative estimate of drug-likeness (QED) is 0.360. The number of amides is 1. The average Bonchev–Trinajstić information content (AvgIpc) is 2.77. The summed E-state index contributed by atoms with van der Waals surface area (Å²) in [5, 5.41) is 3.41. The van der Waals surface area contributed by atoms with Gasteiger partial charge in [-0.3, -0.25) is 4.79 Å². The Balaban J connectivity index is 1.85. The summed E-state index contributed by atoms with van der Waals surface area (Å²) in [6, 6.07) is 17.2. The van der Waals surface area contributed by atoms with Gasteiger partial charge < -0.3 is 5.32 Å². The molecule has 0 saturated heterocycles. The van der Waals surface area contributed by atoms with Crippen molar-refractivity contribution in [2.45, 2.75) is 45.2 Å². The van der Waals surface area contributed by atoms with Gasteiger partial charge in [0, 0.05) is 16.0 Å². The van der Waals surface area contributed by atoms with Gasteiger partial charge >= 0.3 is 0 Å². The molecule has 8 heteroatoms. The standard InChI is InChI=1S/C26H28BrClN2O3S/c1-17-13-19(3)25(14-18(17)2)20(4)29-26(31)16-30(15-21-5-7-22(27)8-6-21)34(32,33)24-11-9-23(28)10-12-24/h5-14,20H,15-16H2,1-4H3,(H,29,31). The van der Waals surface area contributed by atoms with Crippen LogP contribution in [-0.2, 0) is 21.4 Å². The van der Waals surface area contributed by atoms with Crippen LogP contribution in [0.1, 0.15) is 40.8 Å². The summed E-state index contributed by atoms with van der Waals surface area (Å²) in [6.45, 7) is 7.75. The van der Waals surface area contributed by atoms with E-state index in [2.05, 4.69) is 40.3 Å². The highest BCUT2D eigenvalue weighted by atomic mass is 79.9. The van der Waals surface area contributed by atoms with Crippen LogP contribution < -0.4 is 5.32 Å². The largest absolute Gasteiger partial charge is 0.348 e. The zero-order chi connectivity index (χ0) is 25.0. The van der Waals surface area contributed by atoms with Gasteiger partial charge in [-0.05, 0) is 91.9 Å². The lowest BCUT2D eigenvalue weighted by molar-refractivity contribution is -0.122. The minimum atomic E-state index is -3.94. The Morgan fingerprint density at radius 3 is 2.18 bits per heavy atom. The molecule has 3 aromatic carbocycles. The maximum atomic E-state index is 13.4. The molecule has 0 aliphatic rings. The molecule has 180 valence electrons. The van der Waals surface area contributed by atoms with Crippen LogP contribution >= 0.6 is 27.5 Å². The highest BCUT2D eigenvalue weighted by Gasteiger charge is 2.27. The van der Waals surface area contributed by atoms with Crippen molar-refractivity contribution in [3.8, 4) is 0 Å². The minimum Gasteiger partial charge on any atom is -0.348 e. The maximum absolute atomic E-state index is 13.4. The van der Waals surface area contributed by atoms with E-state index in [4.69, 9.17) is 11.6 Å². The lowest BCUT2D eigenvalue weighted by Gasteiger charge is -2.24. The fourth-order valence-corrected chi connectivity index (χ4v) is 5.52. The second-order valence-corrected chi connectivity index (χ2v) is 11.7. The molecule has 1 unspecified atom stereocenters. The molecule has 0 aromatic heterocycles. The number of hydrogen-bond donors (Lipinski definition) is 1. The number of benzene rings is 3. The Bertz CT molecular complexity index is 1280. The Kier molecular flexibility index (Phi) is 8.57. The van der Waals surface area contributed by atoms with E-state index >= 15 is 0 Å². The first-order valence-electron chi connectivity index (χ1n) is 10.8. The third kappa shape index (κ3) is 6.48. The van der Waals surface area contributed by atoms with Crippen LogP contribution in [0.5, 0.6) is 0 Å². The van der Waals surface area contributed by atoms with E-state index in [9.17, 15) is 13.2 Å². The first-order chi connectivity index (χ1) is 16.0. The Morgan fingerprint density at radius 1 is 0.971 bits per heavy atom. The number of carbonyl (C=O) groups excluding carboxylic acids is 1. The van der Waals surface area contributed by atoms with Crippen LogP contribution in [0.2, 0.25) is 5.02 Å². The van der Waals surface area contributed by atoms with E-state index in [0.29, 0.717) is 5.02 Å². The van der Waals surface area contributed by atoms with E-state index < -0.39 is 10.0 Å². The molecule has 1 atom stereocenters. The van der Waals surface area contributed by atoms with Crippen molar-refractivity contribution in [3.05, 3.63) is 98.0 Å². The molecule has 0 saturated carbocycles. The molecule has 3 rings (SSSR count). The summed E-state index contributed by atoms with van der Waals surface area (Å²) < 4.78 is 28.9. The second-order valence-electron chi connectivity index (χ2n) is 8.44. The molecule has 0 fully saturated rings. The van der Waals surface area contributed by atoms with Gasteiger partial charge in [-0.25, -0.2) is 8.42 Å². The lowest BCUT2D eigenvalue weighted by atomic mass is 9.96. The van der Waals surface area contributed by atoms with Crippen LogP contribution in [0.3, 0.4) is 0 Å². The van der Waals surface area contributed by atoms with Crippen LogP contribution in [0.25, 0.3) is 0 Å². The third-order valence-corrected chi connectivity index (χ3v) is 8.36. The molecule has 34 heavy (non-hydrogen) atoms. The molecule has 1 N–H and O–H groups in total. The molecule has 0 heterocycles. The van der Waals surface area contributed by atoms with E-state index in [1.54, 1.807) is 0 Å². The molecular weight excluding hydrogens is 536 g/mol. The van der Waals surface area contributed by atoms with Gasteiger partial charge in [0.1, 0.15) is 0 Å². The molecular formula is C26H28BrClN2O3S. The second kappa shape index (κ2) is 11.0. The number of nitrogens with one attached hydrogen (secondary N) is 1. The molecule has 0 aliphatic carbocycles.